The molecule has 0 aromatic heterocycles. The Balaban J connectivity index is 2.26. The van der Waals surface area contributed by atoms with Gasteiger partial charge in [-0.25, -0.2) is 4.79 Å². The number of nitrogens with zero attached hydrogens (tertiary/aromatic N) is 1. The highest BCUT2D eigenvalue weighted by Gasteiger charge is 2.42. The second-order valence-electron chi connectivity index (χ2n) is 8.53. The maximum absolute atomic E-state index is 12.1. The molecular weight excluding hydrogens is 338 g/mol. The lowest BCUT2D eigenvalue weighted by Gasteiger charge is -2.40. The van der Waals surface area contributed by atoms with E-state index in [4.69, 9.17) is 21.1 Å². The molecule has 1 aliphatic carbocycles. The Kier molecular flexibility index (Phi) is 6.83. The Labute approximate surface area is 157 Å². The summed E-state index contributed by atoms with van der Waals surface area (Å²) < 4.78 is 11.9. The summed E-state index contributed by atoms with van der Waals surface area (Å²) in [6.45, 7) is 15.1. The smallest absolute Gasteiger partial charge is 0.354 e. The average molecular weight is 372 g/mol. The number of ether oxygens (including phenoxy) is 2. The van der Waals surface area contributed by atoms with Gasteiger partial charge in [0.1, 0.15) is 5.70 Å². The lowest BCUT2D eigenvalue weighted by Crippen LogP contribution is -2.43. The first kappa shape index (κ1) is 20.6. The van der Waals surface area contributed by atoms with E-state index in [1.165, 1.54) is 6.42 Å². The lowest BCUT2D eigenvalue weighted by atomic mass is 9.75. The minimum atomic E-state index is -0.693. The Bertz CT molecular complexity index is 507. The second-order valence-corrected chi connectivity index (χ2v) is 8.91. The third-order valence-electron chi connectivity index (χ3n) is 5.49. The van der Waals surface area contributed by atoms with Crippen LogP contribution in [0.15, 0.2) is 10.7 Å². The lowest BCUT2D eigenvalue weighted by molar-refractivity contribution is -0.186. The first-order valence-electron chi connectivity index (χ1n) is 9.67. The van der Waals surface area contributed by atoms with Gasteiger partial charge in [0.25, 0.3) is 0 Å². The first-order chi connectivity index (χ1) is 11.6. The van der Waals surface area contributed by atoms with E-state index in [1.807, 2.05) is 0 Å². The third-order valence-corrected chi connectivity index (χ3v) is 5.84. The fraction of sp³-hybridized carbons (Fsp3) is 0.850. The number of hydrogen-bond donors (Lipinski definition) is 0. The predicted molar refractivity (Wildman–Crippen MR) is 101 cm³/mol. The normalized spacial score (nSPS) is 30.6. The molecule has 2 rings (SSSR count). The maximum atomic E-state index is 12.1. The molecule has 0 unspecified atom stereocenters. The highest BCUT2D eigenvalue weighted by Crippen LogP contribution is 2.39. The molecule has 0 spiro atoms. The molecule has 0 amide bonds. The molecule has 5 heteroatoms. The SMILES string of the molecule is CC(C)[C@@H]1CC[C@@H](C)C[C@H]1O[C@H]1OC(=O)C(Cl)=C1N(C(C)C)C(C)C. The van der Waals surface area contributed by atoms with Gasteiger partial charge in [-0.15, -0.1) is 0 Å². The second kappa shape index (κ2) is 8.30. The maximum Gasteiger partial charge on any atom is 0.354 e. The van der Waals surface area contributed by atoms with Crippen LogP contribution in [0.25, 0.3) is 0 Å². The highest BCUT2D eigenvalue weighted by molar-refractivity contribution is 6.42. The van der Waals surface area contributed by atoms with Crippen molar-refractivity contribution >= 4 is 17.6 Å². The van der Waals surface area contributed by atoms with Gasteiger partial charge in [-0.1, -0.05) is 38.8 Å². The summed E-state index contributed by atoms with van der Waals surface area (Å²) in [4.78, 5) is 14.3. The van der Waals surface area contributed by atoms with Crippen molar-refractivity contribution in [3.63, 3.8) is 0 Å². The van der Waals surface area contributed by atoms with Crippen molar-refractivity contribution in [2.45, 2.75) is 92.2 Å². The molecule has 0 aromatic rings. The van der Waals surface area contributed by atoms with Crippen LogP contribution in [0.2, 0.25) is 0 Å². The molecule has 4 atom stereocenters. The van der Waals surface area contributed by atoms with E-state index in [-0.39, 0.29) is 23.2 Å². The van der Waals surface area contributed by atoms with Crippen LogP contribution >= 0.6 is 11.6 Å². The summed E-state index contributed by atoms with van der Waals surface area (Å²) >= 11 is 6.34. The molecule has 0 aromatic carbocycles. The molecule has 1 fully saturated rings. The summed E-state index contributed by atoms with van der Waals surface area (Å²) in [5, 5.41) is 0.164. The van der Waals surface area contributed by atoms with Crippen molar-refractivity contribution in [1.82, 2.24) is 4.90 Å². The standard InChI is InChI=1S/C20H34ClNO3/c1-11(2)15-9-8-14(7)10-16(15)24-20-18(17(21)19(23)25-20)22(12(3)4)13(5)6/h11-16,20H,8-10H2,1-7H3/t14-,15+,16-,20+/m1/s1. The molecule has 1 aliphatic heterocycles. The van der Waals surface area contributed by atoms with Gasteiger partial charge in [0.05, 0.1) is 6.10 Å². The van der Waals surface area contributed by atoms with Crippen LogP contribution in [0.1, 0.15) is 67.7 Å². The summed E-state index contributed by atoms with van der Waals surface area (Å²) in [6, 6.07) is 0.408. The largest absolute Gasteiger partial charge is 0.425 e. The molecule has 4 nitrogen and oxygen atoms in total. The number of rotatable bonds is 6. The first-order valence-corrected chi connectivity index (χ1v) is 10.1. The van der Waals surface area contributed by atoms with Gasteiger partial charge in [0.15, 0.2) is 5.03 Å². The number of carbonyl (C=O) groups excluding carboxylic acids is 1. The van der Waals surface area contributed by atoms with Crippen molar-refractivity contribution < 1.29 is 14.3 Å². The van der Waals surface area contributed by atoms with Gasteiger partial charge in [-0.3, -0.25) is 0 Å². The number of hydrogen-bond acceptors (Lipinski definition) is 4. The van der Waals surface area contributed by atoms with Crippen LogP contribution in [0.4, 0.5) is 0 Å². The number of halogens is 1. The number of esters is 1. The fourth-order valence-corrected chi connectivity index (χ4v) is 4.55. The Morgan fingerprint density at radius 3 is 2.24 bits per heavy atom. The van der Waals surface area contributed by atoms with Gasteiger partial charge in [0.2, 0.25) is 6.29 Å². The minimum absolute atomic E-state index is 0.0975. The van der Waals surface area contributed by atoms with Crippen molar-refractivity contribution in [3.8, 4) is 0 Å². The van der Waals surface area contributed by atoms with Crippen molar-refractivity contribution in [2.75, 3.05) is 0 Å². The van der Waals surface area contributed by atoms with Crippen LogP contribution < -0.4 is 0 Å². The van der Waals surface area contributed by atoms with E-state index in [9.17, 15) is 4.79 Å². The van der Waals surface area contributed by atoms with Gasteiger partial charge >= 0.3 is 5.97 Å². The minimum Gasteiger partial charge on any atom is -0.425 e. The molecule has 144 valence electrons. The zero-order valence-electron chi connectivity index (χ0n) is 16.7. The van der Waals surface area contributed by atoms with E-state index < -0.39 is 12.3 Å². The fourth-order valence-electron chi connectivity index (χ4n) is 4.32. The summed E-state index contributed by atoms with van der Waals surface area (Å²) in [6.07, 6.45) is 2.81. The monoisotopic (exact) mass is 371 g/mol. The third kappa shape index (κ3) is 4.51. The molecule has 0 bridgehead atoms. The van der Waals surface area contributed by atoms with Crippen molar-refractivity contribution in [1.29, 1.82) is 0 Å². The Morgan fingerprint density at radius 1 is 1.12 bits per heavy atom. The summed E-state index contributed by atoms with van der Waals surface area (Å²) in [5.41, 5.74) is 0.692. The summed E-state index contributed by atoms with van der Waals surface area (Å²) in [7, 11) is 0. The number of carbonyl (C=O) groups is 1. The molecule has 2 aliphatic rings. The number of cyclic esters (lactones) is 1. The van der Waals surface area contributed by atoms with E-state index in [0.29, 0.717) is 23.5 Å². The molecular formula is C20H34ClNO3. The Hall–Kier alpha value is -0.740. The molecule has 0 N–H and O–H groups in total. The van der Waals surface area contributed by atoms with Gasteiger partial charge in [-0.05, 0) is 58.3 Å². The zero-order chi connectivity index (χ0) is 18.9. The molecule has 1 heterocycles. The predicted octanol–water partition coefficient (Wildman–Crippen LogP) is 4.92. The van der Waals surface area contributed by atoms with E-state index in [2.05, 4.69) is 53.4 Å². The van der Waals surface area contributed by atoms with Crippen molar-refractivity contribution in [3.05, 3.63) is 10.7 Å². The summed E-state index contributed by atoms with van der Waals surface area (Å²) in [5.74, 6) is 1.19. The van der Waals surface area contributed by atoms with Crippen molar-refractivity contribution in [2.24, 2.45) is 17.8 Å². The van der Waals surface area contributed by atoms with Crippen LogP contribution in [0.3, 0.4) is 0 Å². The molecule has 0 saturated heterocycles. The van der Waals surface area contributed by atoms with Crippen LogP contribution in [-0.4, -0.2) is 35.3 Å². The Morgan fingerprint density at radius 2 is 1.72 bits per heavy atom. The average Bonchev–Trinajstić information content (AvgIpc) is 2.74. The topological polar surface area (TPSA) is 38.8 Å². The van der Waals surface area contributed by atoms with Gasteiger partial charge in [-0.2, -0.15) is 0 Å². The molecule has 1 saturated carbocycles. The van der Waals surface area contributed by atoms with Gasteiger partial charge < -0.3 is 14.4 Å². The van der Waals surface area contributed by atoms with Crippen LogP contribution in [-0.2, 0) is 14.3 Å². The zero-order valence-corrected chi connectivity index (χ0v) is 17.5. The van der Waals surface area contributed by atoms with E-state index in [1.54, 1.807) is 0 Å². The van der Waals surface area contributed by atoms with E-state index in [0.717, 1.165) is 12.8 Å². The van der Waals surface area contributed by atoms with Crippen LogP contribution in [0.5, 0.6) is 0 Å². The molecule has 0 radical (unpaired) electrons. The quantitative estimate of drug-likeness (QED) is 0.621. The van der Waals surface area contributed by atoms with Gasteiger partial charge in [0, 0.05) is 12.1 Å². The highest BCUT2D eigenvalue weighted by atomic mass is 35.5. The van der Waals surface area contributed by atoms with Crippen LogP contribution in [0, 0.1) is 17.8 Å². The molecule has 25 heavy (non-hydrogen) atoms. The van der Waals surface area contributed by atoms with E-state index >= 15 is 0 Å².